The Balaban J connectivity index is 2.15. The molecule has 1 aliphatic carbocycles. The zero-order valence-electron chi connectivity index (χ0n) is 19.5. The van der Waals surface area contributed by atoms with Gasteiger partial charge in [-0.25, -0.2) is 19.6 Å². The van der Waals surface area contributed by atoms with Gasteiger partial charge in [-0.05, 0) is 51.9 Å². The molecule has 0 bridgehead atoms. The van der Waals surface area contributed by atoms with Crippen molar-refractivity contribution in [3.05, 3.63) is 0 Å². The number of ketones is 2. The van der Waals surface area contributed by atoms with Crippen LogP contribution in [0.2, 0.25) is 0 Å². The molecule has 0 aromatic heterocycles. The molecule has 0 spiro atoms. The van der Waals surface area contributed by atoms with Crippen LogP contribution in [0, 0.1) is 11.8 Å². The highest BCUT2D eigenvalue weighted by Gasteiger charge is 2.44. The van der Waals surface area contributed by atoms with E-state index in [-0.39, 0.29) is 29.5 Å². The number of hydrogen-bond acceptors (Lipinski definition) is 6. The van der Waals surface area contributed by atoms with E-state index in [4.69, 9.17) is 19.6 Å². The van der Waals surface area contributed by atoms with Crippen molar-refractivity contribution in [2.75, 3.05) is 19.8 Å². The second-order valence-corrected chi connectivity index (χ2v) is 8.46. The fourth-order valence-electron chi connectivity index (χ4n) is 3.66. The molecule has 1 atom stereocenters. The Morgan fingerprint density at radius 1 is 0.700 bits per heavy atom. The first-order valence-corrected chi connectivity index (χ1v) is 12.2. The maximum absolute atomic E-state index is 11.8. The summed E-state index contributed by atoms with van der Waals surface area (Å²) >= 11 is 0. The number of rotatable bonds is 21. The van der Waals surface area contributed by atoms with Crippen molar-refractivity contribution in [2.24, 2.45) is 11.8 Å². The Hall–Kier alpha value is -0.820. The van der Waals surface area contributed by atoms with Gasteiger partial charge in [-0.1, -0.05) is 52.4 Å². The first-order chi connectivity index (χ1) is 14.6. The molecule has 0 N–H and O–H groups in total. The summed E-state index contributed by atoms with van der Waals surface area (Å²) in [5.41, 5.74) is 0. The summed E-state index contributed by atoms with van der Waals surface area (Å²) in [5.74, 6) is -0.558. The van der Waals surface area contributed by atoms with Crippen LogP contribution >= 0.6 is 0 Å². The van der Waals surface area contributed by atoms with Gasteiger partial charge >= 0.3 is 0 Å². The monoisotopic (exact) mass is 428 g/mol. The minimum Gasteiger partial charge on any atom is -0.298 e. The number of carbonyl (C=O) groups excluding carboxylic acids is 2. The highest BCUT2D eigenvalue weighted by molar-refractivity contribution is 6.23. The maximum Gasteiger partial charge on any atom is 0.153 e. The van der Waals surface area contributed by atoms with Crippen molar-refractivity contribution < 1.29 is 29.1 Å². The van der Waals surface area contributed by atoms with Gasteiger partial charge in [-0.15, -0.1) is 0 Å². The number of hydrogen-bond donors (Lipinski definition) is 0. The third-order valence-corrected chi connectivity index (χ3v) is 5.76. The molecule has 6 nitrogen and oxygen atoms in total. The van der Waals surface area contributed by atoms with Crippen molar-refractivity contribution in [1.82, 2.24) is 0 Å². The average molecular weight is 429 g/mol. The molecule has 1 rings (SSSR count). The zero-order valence-corrected chi connectivity index (χ0v) is 19.5. The molecule has 1 unspecified atom stereocenters. The molecule has 1 fully saturated rings. The van der Waals surface area contributed by atoms with Gasteiger partial charge in [-0.2, -0.15) is 0 Å². The molecule has 6 heteroatoms. The quantitative estimate of drug-likeness (QED) is 0.100. The lowest BCUT2D eigenvalue weighted by Gasteiger charge is -2.29. The summed E-state index contributed by atoms with van der Waals surface area (Å²) in [6.07, 6.45) is 12.9. The smallest absolute Gasteiger partial charge is 0.153 e. The van der Waals surface area contributed by atoms with Crippen LogP contribution in [0.1, 0.15) is 104 Å². The summed E-state index contributed by atoms with van der Waals surface area (Å²) in [6, 6.07) is 0. The minimum atomic E-state index is -0.387. The van der Waals surface area contributed by atoms with Crippen molar-refractivity contribution in [2.45, 2.75) is 110 Å². The first-order valence-electron chi connectivity index (χ1n) is 12.2. The van der Waals surface area contributed by atoms with Crippen LogP contribution in [0.4, 0.5) is 0 Å². The molecule has 176 valence electrons. The molecule has 1 saturated carbocycles. The molecule has 0 aromatic carbocycles. The molecule has 0 aromatic rings. The van der Waals surface area contributed by atoms with Crippen LogP contribution in [0.3, 0.4) is 0 Å². The van der Waals surface area contributed by atoms with Crippen LogP contribution in [-0.4, -0.2) is 37.5 Å². The highest BCUT2D eigenvalue weighted by atomic mass is 17.2. The van der Waals surface area contributed by atoms with Crippen LogP contribution in [-0.2, 0) is 29.1 Å². The van der Waals surface area contributed by atoms with E-state index in [1.54, 1.807) is 6.92 Å². The van der Waals surface area contributed by atoms with E-state index in [1.165, 1.54) is 12.8 Å². The van der Waals surface area contributed by atoms with Gasteiger partial charge in [0.15, 0.2) is 11.6 Å². The largest absolute Gasteiger partial charge is 0.298 e. The van der Waals surface area contributed by atoms with Gasteiger partial charge < -0.3 is 0 Å². The van der Waals surface area contributed by atoms with E-state index < -0.39 is 0 Å². The van der Waals surface area contributed by atoms with Gasteiger partial charge in [0.05, 0.1) is 37.8 Å². The van der Waals surface area contributed by atoms with E-state index in [2.05, 4.69) is 13.8 Å². The molecular formula is C24H44O6. The molecule has 0 radical (unpaired) electrons. The van der Waals surface area contributed by atoms with Crippen molar-refractivity contribution in [3.63, 3.8) is 0 Å². The lowest BCUT2D eigenvalue weighted by atomic mass is 9.71. The standard InChI is InChI=1S/C24H44O6/c1-4-6-10-17-27-28-18-12-8-9-14-21(30-29-19-11-7-5-2)15-13-16-22-23(25)20(3)24(22)26/h20-22H,4-19H2,1-3H3. The zero-order chi connectivity index (χ0) is 22.0. The molecular weight excluding hydrogens is 384 g/mol. The molecule has 0 saturated heterocycles. The van der Waals surface area contributed by atoms with Gasteiger partial charge in [0, 0.05) is 0 Å². The Bertz CT molecular complexity index is 437. The van der Waals surface area contributed by atoms with E-state index in [0.29, 0.717) is 26.2 Å². The minimum absolute atomic E-state index is 0.0144. The van der Waals surface area contributed by atoms with Crippen LogP contribution < -0.4 is 0 Å². The average Bonchev–Trinajstić information content (AvgIpc) is 2.76. The predicted octanol–water partition coefficient (Wildman–Crippen LogP) is 5.77. The van der Waals surface area contributed by atoms with Crippen molar-refractivity contribution in [1.29, 1.82) is 0 Å². The number of unbranched alkanes of at least 4 members (excludes halogenated alkanes) is 6. The van der Waals surface area contributed by atoms with E-state index in [9.17, 15) is 9.59 Å². The molecule has 0 aliphatic heterocycles. The topological polar surface area (TPSA) is 71.1 Å². The van der Waals surface area contributed by atoms with E-state index in [0.717, 1.165) is 64.2 Å². The Labute approximate surface area is 183 Å². The molecule has 30 heavy (non-hydrogen) atoms. The summed E-state index contributed by atoms with van der Waals surface area (Å²) in [4.78, 5) is 45.0. The van der Waals surface area contributed by atoms with Crippen LogP contribution in [0.5, 0.6) is 0 Å². The van der Waals surface area contributed by atoms with Crippen molar-refractivity contribution >= 4 is 11.6 Å². The van der Waals surface area contributed by atoms with Gasteiger partial charge in [0.25, 0.3) is 0 Å². The Morgan fingerprint density at radius 3 is 1.83 bits per heavy atom. The summed E-state index contributed by atoms with van der Waals surface area (Å²) in [6.45, 7) is 7.94. The first kappa shape index (κ1) is 27.2. The van der Waals surface area contributed by atoms with Gasteiger partial charge in [0.2, 0.25) is 0 Å². The summed E-state index contributed by atoms with van der Waals surface area (Å²) < 4.78 is 0. The summed E-state index contributed by atoms with van der Waals surface area (Å²) in [5, 5.41) is 0. The highest BCUT2D eigenvalue weighted by Crippen LogP contribution is 2.30. The Morgan fingerprint density at radius 2 is 1.23 bits per heavy atom. The van der Waals surface area contributed by atoms with Crippen LogP contribution in [0.25, 0.3) is 0 Å². The van der Waals surface area contributed by atoms with E-state index in [1.807, 2.05) is 0 Å². The normalized spacial score (nSPS) is 19.8. The van der Waals surface area contributed by atoms with E-state index >= 15 is 0 Å². The fourth-order valence-corrected chi connectivity index (χ4v) is 3.66. The lowest BCUT2D eigenvalue weighted by molar-refractivity contribution is -0.327. The molecule has 0 heterocycles. The maximum atomic E-state index is 11.8. The molecule has 0 amide bonds. The second-order valence-electron chi connectivity index (χ2n) is 8.46. The Kier molecular flexibility index (Phi) is 16.2. The fraction of sp³-hybridized carbons (Fsp3) is 0.917. The summed E-state index contributed by atoms with van der Waals surface area (Å²) in [7, 11) is 0. The lowest BCUT2D eigenvalue weighted by Crippen LogP contribution is -2.46. The number of Topliss-reactive ketones (excluding diaryl/α,β-unsaturated/α-hetero) is 2. The number of carbonyl (C=O) groups is 2. The third-order valence-electron chi connectivity index (χ3n) is 5.76. The third kappa shape index (κ3) is 11.5. The van der Waals surface area contributed by atoms with Gasteiger partial charge in [-0.3, -0.25) is 9.59 Å². The van der Waals surface area contributed by atoms with Crippen LogP contribution in [0.15, 0.2) is 0 Å². The van der Waals surface area contributed by atoms with Crippen molar-refractivity contribution in [3.8, 4) is 0 Å². The second kappa shape index (κ2) is 17.8. The SMILES string of the molecule is CCCCCOOCCCCCC(CCCC1C(=O)C(C)C1=O)OOCCCCC. The predicted molar refractivity (Wildman–Crippen MR) is 117 cm³/mol. The molecule has 1 aliphatic rings. The van der Waals surface area contributed by atoms with Gasteiger partial charge in [0.1, 0.15) is 0 Å².